The van der Waals surface area contributed by atoms with Gasteiger partial charge in [0, 0.05) is 23.5 Å². The normalized spacial score (nSPS) is 13.4. The number of aromatic nitrogens is 2. The van der Waals surface area contributed by atoms with Crippen LogP contribution in [0.15, 0.2) is 152 Å². The first-order chi connectivity index (χ1) is 22.6. The van der Waals surface area contributed by atoms with E-state index in [-0.39, 0.29) is 0 Å². The third-order valence-electron chi connectivity index (χ3n) is 8.63. The van der Waals surface area contributed by atoms with Crippen LogP contribution < -0.4 is 25.4 Å². The van der Waals surface area contributed by atoms with Gasteiger partial charge in [-0.1, -0.05) is 66.7 Å². The van der Waals surface area contributed by atoms with Crippen molar-refractivity contribution in [1.29, 1.82) is 0 Å². The highest BCUT2D eigenvalue weighted by Crippen LogP contribution is 2.59. The van der Waals surface area contributed by atoms with E-state index in [4.69, 9.17) is 9.47 Å². The third-order valence-corrected chi connectivity index (χ3v) is 11.8. The molecule has 0 spiro atoms. The second-order valence-corrected chi connectivity index (χ2v) is 14.0. The lowest BCUT2D eigenvalue weighted by Crippen LogP contribution is -2.35. The summed E-state index contributed by atoms with van der Waals surface area (Å²) in [4.78, 5) is 9.06. The van der Waals surface area contributed by atoms with E-state index >= 15 is 4.57 Å². The van der Waals surface area contributed by atoms with Gasteiger partial charge in [0.1, 0.15) is 28.3 Å². The topological polar surface area (TPSA) is 61.3 Å². The van der Waals surface area contributed by atoms with E-state index in [0.29, 0.717) is 38.9 Å². The average molecular weight is 613 g/mol. The van der Waals surface area contributed by atoms with E-state index in [2.05, 4.69) is 46.4 Å². The maximum absolute atomic E-state index is 15.9. The maximum Gasteiger partial charge on any atom is 0.185 e. The van der Waals surface area contributed by atoms with Gasteiger partial charge in [0.25, 0.3) is 0 Å². The predicted molar refractivity (Wildman–Crippen MR) is 183 cm³/mol. The number of hydrogen-bond acceptors (Lipinski definition) is 5. The molecule has 7 aromatic rings. The van der Waals surface area contributed by atoms with Crippen molar-refractivity contribution in [3.63, 3.8) is 0 Å². The molecule has 2 aliphatic heterocycles. The number of rotatable bonds is 4. The monoisotopic (exact) mass is 612 g/mol. The second-order valence-electron chi connectivity index (χ2n) is 11.4. The predicted octanol–water partition coefficient (Wildman–Crippen LogP) is 9.00. The van der Waals surface area contributed by atoms with Crippen LogP contribution in [0.1, 0.15) is 0 Å². The molecule has 6 heteroatoms. The number of ether oxygens (including phenoxy) is 2. The van der Waals surface area contributed by atoms with Gasteiger partial charge in [-0.05, 0) is 95.1 Å². The lowest BCUT2D eigenvalue weighted by molar-refractivity contribution is 0.462. The molecule has 0 radical (unpaired) electrons. The summed E-state index contributed by atoms with van der Waals surface area (Å²) in [5.41, 5.74) is 7.73. The van der Waals surface area contributed by atoms with Gasteiger partial charge in [-0.3, -0.25) is 9.97 Å². The molecule has 9 rings (SSSR count). The summed E-state index contributed by atoms with van der Waals surface area (Å²) in [5, 5.41) is 1.93. The van der Waals surface area contributed by atoms with Crippen molar-refractivity contribution < 1.29 is 14.0 Å². The second kappa shape index (κ2) is 10.4. The van der Waals surface area contributed by atoms with E-state index in [1.165, 1.54) is 0 Å². The van der Waals surface area contributed by atoms with Gasteiger partial charge in [0.2, 0.25) is 0 Å². The molecule has 0 aliphatic carbocycles. The molecule has 0 unspecified atom stereocenters. The molecule has 0 atom stereocenters. The van der Waals surface area contributed by atoms with Crippen LogP contribution in [0.5, 0.6) is 23.0 Å². The molecule has 0 saturated heterocycles. The minimum Gasteiger partial charge on any atom is -0.456 e. The molecule has 5 nitrogen and oxygen atoms in total. The third kappa shape index (κ3) is 4.21. The highest BCUT2D eigenvalue weighted by atomic mass is 31.2. The zero-order valence-electron chi connectivity index (χ0n) is 24.5. The molecule has 2 aromatic heterocycles. The first-order valence-electron chi connectivity index (χ1n) is 15.1. The van der Waals surface area contributed by atoms with Gasteiger partial charge in [-0.15, -0.1) is 0 Å². The number of fused-ring (bicyclic) bond motifs is 4. The number of hydrogen-bond donors (Lipinski definition) is 0. The Kier molecular flexibility index (Phi) is 6.02. The molecule has 5 aromatic carbocycles. The molecular weight excluding hydrogens is 587 g/mol. The summed E-state index contributed by atoms with van der Waals surface area (Å²) in [6.45, 7) is 0. The summed E-state index contributed by atoms with van der Waals surface area (Å²) >= 11 is 0. The van der Waals surface area contributed by atoms with Crippen LogP contribution in [0.2, 0.25) is 0 Å². The Hall–Kier alpha value is -5.77. The Morgan fingerprint density at radius 2 is 0.870 bits per heavy atom. The zero-order valence-corrected chi connectivity index (χ0v) is 25.4. The Bertz CT molecular complexity index is 2200. The summed E-state index contributed by atoms with van der Waals surface area (Å²) in [6, 6.07) is 45.9. The zero-order chi connectivity index (χ0) is 30.7. The molecule has 0 bridgehead atoms. The van der Waals surface area contributed by atoms with E-state index < -0.39 is 7.14 Å². The van der Waals surface area contributed by atoms with Crippen molar-refractivity contribution >= 4 is 23.1 Å². The van der Waals surface area contributed by atoms with Crippen LogP contribution in [-0.2, 0) is 4.57 Å². The smallest absolute Gasteiger partial charge is 0.185 e. The van der Waals surface area contributed by atoms with E-state index in [1.54, 1.807) is 12.4 Å². The van der Waals surface area contributed by atoms with Gasteiger partial charge in [-0.2, -0.15) is 0 Å². The fourth-order valence-electron chi connectivity index (χ4n) is 6.43. The average Bonchev–Trinajstić information content (AvgIpc) is 3.12. The van der Waals surface area contributed by atoms with Gasteiger partial charge in [-0.25, -0.2) is 0 Å². The SMILES string of the molecule is O=P12c3cc(-c4cccc(-c5ccccn5)c4)ccc3Oc3cccc(c31)Oc1ccc(-c3cccc(-c4ccccn4)c3)cc12. The van der Waals surface area contributed by atoms with Crippen LogP contribution in [0.4, 0.5) is 0 Å². The highest BCUT2D eigenvalue weighted by molar-refractivity contribution is 7.86. The molecule has 2 aliphatic rings. The summed E-state index contributed by atoms with van der Waals surface area (Å²) in [6.07, 6.45) is 3.59. The van der Waals surface area contributed by atoms with Gasteiger partial charge in [0.05, 0.1) is 22.0 Å². The highest BCUT2D eigenvalue weighted by Gasteiger charge is 2.46. The van der Waals surface area contributed by atoms with Crippen molar-refractivity contribution in [2.45, 2.75) is 0 Å². The standard InChI is InChI=1S/C40H25N2O3P/c43-46-38-24-28(26-8-5-10-30(22-26)32-12-1-3-20-41-32)16-18-34(38)44-36-14-7-15-37(40(36)46)45-35-19-17-29(25-39(35)46)27-9-6-11-31(23-27)33-13-2-4-21-42-33/h1-25H. The molecule has 0 amide bonds. The Balaban J connectivity index is 1.21. The number of pyridine rings is 2. The van der Waals surface area contributed by atoms with Crippen LogP contribution in [0.3, 0.4) is 0 Å². The van der Waals surface area contributed by atoms with Crippen molar-refractivity contribution in [2.75, 3.05) is 0 Å². The Labute approximate surface area is 266 Å². The molecule has 0 fully saturated rings. The van der Waals surface area contributed by atoms with Gasteiger partial charge in [0.15, 0.2) is 7.14 Å². The number of nitrogens with zero attached hydrogens (tertiary/aromatic N) is 2. The first kappa shape index (κ1) is 26.6. The molecule has 0 N–H and O–H groups in total. The maximum atomic E-state index is 15.9. The molecule has 46 heavy (non-hydrogen) atoms. The summed E-state index contributed by atoms with van der Waals surface area (Å²) in [5.74, 6) is 2.30. The molecule has 4 heterocycles. The van der Waals surface area contributed by atoms with E-state index in [9.17, 15) is 0 Å². The molecular formula is C40H25N2O3P. The largest absolute Gasteiger partial charge is 0.456 e. The van der Waals surface area contributed by atoms with Crippen molar-refractivity contribution in [1.82, 2.24) is 9.97 Å². The summed E-state index contributed by atoms with van der Waals surface area (Å²) in [7, 11) is -3.42. The van der Waals surface area contributed by atoms with E-state index in [1.807, 2.05) is 103 Å². The van der Waals surface area contributed by atoms with E-state index in [0.717, 1.165) is 44.8 Å². The van der Waals surface area contributed by atoms with Gasteiger partial charge >= 0.3 is 0 Å². The molecule has 0 saturated carbocycles. The van der Waals surface area contributed by atoms with Crippen molar-refractivity contribution in [3.8, 4) is 67.8 Å². The minimum absolute atomic E-state index is 0.562. The fraction of sp³-hybridized carbons (Fsp3) is 0. The van der Waals surface area contributed by atoms with Crippen molar-refractivity contribution in [3.05, 3.63) is 152 Å². The van der Waals surface area contributed by atoms with Crippen molar-refractivity contribution in [2.24, 2.45) is 0 Å². The summed E-state index contributed by atoms with van der Waals surface area (Å²) < 4.78 is 28.7. The quantitative estimate of drug-likeness (QED) is 0.186. The first-order valence-corrected chi connectivity index (χ1v) is 16.8. The van der Waals surface area contributed by atoms with Gasteiger partial charge < -0.3 is 14.0 Å². The van der Waals surface area contributed by atoms with Crippen LogP contribution in [0, 0.1) is 0 Å². The Morgan fingerprint density at radius 3 is 1.35 bits per heavy atom. The van der Waals surface area contributed by atoms with Crippen LogP contribution in [0.25, 0.3) is 44.8 Å². The fourth-order valence-corrected chi connectivity index (χ4v) is 9.53. The lowest BCUT2D eigenvalue weighted by atomic mass is 10.0. The molecule has 218 valence electrons. The Morgan fingerprint density at radius 1 is 0.413 bits per heavy atom. The van der Waals surface area contributed by atoms with Crippen LogP contribution >= 0.6 is 7.14 Å². The minimum atomic E-state index is -3.42. The van der Waals surface area contributed by atoms with Crippen LogP contribution in [-0.4, -0.2) is 9.97 Å². The number of benzene rings is 5. The lowest BCUT2D eigenvalue weighted by Gasteiger charge is -2.35.